The highest BCUT2D eigenvalue weighted by atomic mass is 16.5. The van der Waals surface area contributed by atoms with Gasteiger partial charge in [-0.25, -0.2) is 0 Å². The third-order valence-corrected chi connectivity index (χ3v) is 2.01. The molecule has 0 aliphatic rings. The fourth-order valence-electron chi connectivity index (χ4n) is 1.03. The Morgan fingerprint density at radius 3 is 2.43 bits per heavy atom. The zero-order valence-corrected chi connectivity index (χ0v) is 9.64. The second-order valence-electron chi connectivity index (χ2n) is 3.35. The van der Waals surface area contributed by atoms with Crippen LogP contribution in [0.4, 0.5) is 0 Å². The number of ether oxygens (including phenoxy) is 2. The summed E-state index contributed by atoms with van der Waals surface area (Å²) in [5.74, 6) is 0. The molecule has 0 saturated carbocycles. The highest BCUT2D eigenvalue weighted by Crippen LogP contribution is 1.82. The van der Waals surface area contributed by atoms with E-state index < -0.39 is 0 Å². The van der Waals surface area contributed by atoms with Crippen molar-refractivity contribution >= 4 is 0 Å². The Kier molecular flexibility index (Phi) is 10.8. The van der Waals surface area contributed by atoms with Crippen LogP contribution in [-0.4, -0.2) is 53.1 Å². The molecule has 0 bridgehead atoms. The monoisotopic (exact) mass is 204 g/mol. The maximum absolute atomic E-state index is 5.11. The topological polar surface area (TPSA) is 42.5 Å². The molecular weight excluding hydrogens is 180 g/mol. The molecule has 0 amide bonds. The van der Waals surface area contributed by atoms with Gasteiger partial charge in [-0.05, 0) is 19.9 Å². The molecule has 0 aromatic rings. The Morgan fingerprint density at radius 2 is 1.79 bits per heavy atom. The van der Waals surface area contributed by atoms with E-state index in [2.05, 4.69) is 17.6 Å². The minimum atomic E-state index is 0.295. The van der Waals surface area contributed by atoms with E-state index in [0.717, 1.165) is 39.2 Å². The van der Waals surface area contributed by atoms with Gasteiger partial charge in [0.15, 0.2) is 0 Å². The lowest BCUT2D eigenvalue weighted by molar-refractivity contribution is 0.117. The van der Waals surface area contributed by atoms with Gasteiger partial charge < -0.3 is 20.1 Å². The molecular formula is C10H24N2O2. The number of methoxy groups -OCH3 is 2. The average molecular weight is 204 g/mol. The van der Waals surface area contributed by atoms with E-state index in [1.165, 1.54) is 0 Å². The molecule has 0 fully saturated rings. The van der Waals surface area contributed by atoms with Gasteiger partial charge in [-0.2, -0.15) is 0 Å². The maximum atomic E-state index is 5.11. The number of rotatable bonds is 10. The van der Waals surface area contributed by atoms with Crippen LogP contribution in [0.15, 0.2) is 0 Å². The summed E-state index contributed by atoms with van der Waals surface area (Å²) < 4.78 is 10.1. The van der Waals surface area contributed by atoms with Gasteiger partial charge in [0.05, 0.1) is 6.10 Å². The van der Waals surface area contributed by atoms with E-state index in [-0.39, 0.29) is 0 Å². The minimum Gasteiger partial charge on any atom is -0.385 e. The zero-order valence-electron chi connectivity index (χ0n) is 9.64. The molecule has 1 atom stereocenters. The molecule has 0 rings (SSSR count). The van der Waals surface area contributed by atoms with Crippen molar-refractivity contribution in [2.45, 2.75) is 19.4 Å². The predicted molar refractivity (Wildman–Crippen MR) is 58.7 cm³/mol. The van der Waals surface area contributed by atoms with Crippen LogP contribution >= 0.6 is 0 Å². The molecule has 0 saturated heterocycles. The van der Waals surface area contributed by atoms with E-state index in [9.17, 15) is 0 Å². The molecule has 0 spiro atoms. The highest BCUT2D eigenvalue weighted by Gasteiger charge is 1.96. The van der Waals surface area contributed by atoms with Gasteiger partial charge >= 0.3 is 0 Å². The van der Waals surface area contributed by atoms with Gasteiger partial charge in [0.25, 0.3) is 0 Å². The largest absolute Gasteiger partial charge is 0.385 e. The van der Waals surface area contributed by atoms with Crippen LogP contribution in [0.25, 0.3) is 0 Å². The third-order valence-electron chi connectivity index (χ3n) is 2.01. The van der Waals surface area contributed by atoms with E-state index in [4.69, 9.17) is 9.47 Å². The van der Waals surface area contributed by atoms with Crippen LogP contribution in [0, 0.1) is 0 Å². The molecule has 0 aromatic carbocycles. The second-order valence-corrected chi connectivity index (χ2v) is 3.35. The normalized spacial score (nSPS) is 13.1. The summed E-state index contributed by atoms with van der Waals surface area (Å²) in [6.45, 7) is 6.81. The Balaban J connectivity index is 2.92. The lowest BCUT2D eigenvalue weighted by atomic mass is 10.4. The number of nitrogens with one attached hydrogen (secondary N) is 2. The van der Waals surface area contributed by atoms with Gasteiger partial charge in [0.2, 0.25) is 0 Å². The number of hydrogen-bond acceptors (Lipinski definition) is 4. The first kappa shape index (κ1) is 13.8. The summed E-state index contributed by atoms with van der Waals surface area (Å²) in [7, 11) is 3.46. The molecule has 4 nitrogen and oxygen atoms in total. The highest BCUT2D eigenvalue weighted by molar-refractivity contribution is 4.56. The molecule has 0 radical (unpaired) electrons. The van der Waals surface area contributed by atoms with Gasteiger partial charge in [-0.3, -0.25) is 0 Å². The van der Waals surface area contributed by atoms with Crippen LogP contribution in [-0.2, 0) is 9.47 Å². The van der Waals surface area contributed by atoms with Crippen LogP contribution in [0.2, 0.25) is 0 Å². The van der Waals surface area contributed by atoms with Crippen molar-refractivity contribution in [3.05, 3.63) is 0 Å². The van der Waals surface area contributed by atoms with Crippen LogP contribution in [0.3, 0.4) is 0 Å². The first-order valence-electron chi connectivity index (χ1n) is 5.24. The molecule has 0 heterocycles. The first-order valence-corrected chi connectivity index (χ1v) is 5.24. The molecule has 4 heteroatoms. The molecule has 14 heavy (non-hydrogen) atoms. The van der Waals surface area contributed by atoms with Crippen molar-refractivity contribution in [1.82, 2.24) is 10.6 Å². The van der Waals surface area contributed by atoms with E-state index >= 15 is 0 Å². The maximum Gasteiger partial charge on any atom is 0.0667 e. The summed E-state index contributed by atoms with van der Waals surface area (Å²) in [6.07, 6.45) is 1.37. The molecule has 0 aliphatic carbocycles. The minimum absolute atomic E-state index is 0.295. The zero-order chi connectivity index (χ0) is 10.6. The van der Waals surface area contributed by atoms with Gasteiger partial charge in [0.1, 0.15) is 0 Å². The predicted octanol–water partition coefficient (Wildman–Crippen LogP) is 0.237. The molecule has 86 valence electrons. The quantitative estimate of drug-likeness (QED) is 0.500. The Labute approximate surface area is 87.4 Å². The third kappa shape index (κ3) is 9.92. The Morgan fingerprint density at radius 1 is 1.07 bits per heavy atom. The van der Waals surface area contributed by atoms with Gasteiger partial charge in [-0.1, -0.05) is 0 Å². The van der Waals surface area contributed by atoms with Crippen molar-refractivity contribution in [2.75, 3.05) is 47.0 Å². The lowest BCUT2D eigenvalue weighted by Crippen LogP contribution is -2.33. The first-order chi connectivity index (χ1) is 6.81. The van der Waals surface area contributed by atoms with Crippen molar-refractivity contribution < 1.29 is 9.47 Å². The lowest BCUT2D eigenvalue weighted by Gasteiger charge is -2.10. The summed E-state index contributed by atoms with van der Waals surface area (Å²) in [5.41, 5.74) is 0. The van der Waals surface area contributed by atoms with Gasteiger partial charge in [0, 0.05) is 40.5 Å². The van der Waals surface area contributed by atoms with E-state index in [1.807, 2.05) is 0 Å². The van der Waals surface area contributed by atoms with E-state index in [1.54, 1.807) is 14.2 Å². The average Bonchev–Trinajstić information content (AvgIpc) is 2.21. The van der Waals surface area contributed by atoms with Crippen LogP contribution < -0.4 is 10.6 Å². The second kappa shape index (κ2) is 10.9. The summed E-state index contributed by atoms with van der Waals surface area (Å²) >= 11 is 0. The fraction of sp³-hybridized carbons (Fsp3) is 1.00. The Bertz CT molecular complexity index is 112. The Hall–Kier alpha value is -0.160. The SMILES string of the molecule is COCCCNCCNCC(C)OC. The summed E-state index contributed by atoms with van der Waals surface area (Å²) in [4.78, 5) is 0. The molecule has 0 aromatic heterocycles. The molecule has 2 N–H and O–H groups in total. The fourth-order valence-corrected chi connectivity index (χ4v) is 1.03. The number of hydrogen-bond donors (Lipinski definition) is 2. The van der Waals surface area contributed by atoms with Crippen molar-refractivity contribution in [3.63, 3.8) is 0 Å². The van der Waals surface area contributed by atoms with Crippen LogP contribution in [0.5, 0.6) is 0 Å². The smallest absolute Gasteiger partial charge is 0.0667 e. The van der Waals surface area contributed by atoms with Crippen molar-refractivity contribution in [2.24, 2.45) is 0 Å². The molecule has 1 unspecified atom stereocenters. The summed E-state index contributed by atoms with van der Waals surface area (Å²) in [5, 5.41) is 6.64. The van der Waals surface area contributed by atoms with Crippen LogP contribution in [0.1, 0.15) is 13.3 Å². The standard InChI is InChI=1S/C10H24N2O2/c1-10(14-3)9-12-7-6-11-5-4-8-13-2/h10-12H,4-9H2,1-3H3. The van der Waals surface area contributed by atoms with Crippen molar-refractivity contribution in [1.29, 1.82) is 0 Å². The molecule has 0 aliphatic heterocycles. The van der Waals surface area contributed by atoms with Crippen molar-refractivity contribution in [3.8, 4) is 0 Å². The van der Waals surface area contributed by atoms with Gasteiger partial charge in [-0.15, -0.1) is 0 Å². The summed E-state index contributed by atoms with van der Waals surface area (Å²) in [6, 6.07) is 0. The van der Waals surface area contributed by atoms with E-state index in [0.29, 0.717) is 6.10 Å².